The summed E-state index contributed by atoms with van der Waals surface area (Å²) < 4.78 is 5.75. The molecule has 0 aliphatic heterocycles. The second-order valence-corrected chi connectivity index (χ2v) is 5.67. The van der Waals surface area contributed by atoms with Crippen molar-refractivity contribution >= 4 is 0 Å². The molecule has 104 valence electrons. The molecule has 0 aromatic heterocycles. The Bertz CT molecular complexity index is 480. The maximum Gasteiger partial charge on any atom is 0.0608 e. The Hall–Kier alpha value is -1.60. The van der Waals surface area contributed by atoms with Crippen LogP contribution in [0.4, 0.5) is 0 Å². The van der Waals surface area contributed by atoms with Crippen molar-refractivity contribution in [3.8, 4) is 0 Å². The molecule has 0 spiro atoms. The van der Waals surface area contributed by atoms with Crippen LogP contribution in [0.3, 0.4) is 0 Å². The summed E-state index contributed by atoms with van der Waals surface area (Å²) in [5.74, 6) is 1.04. The number of hydrogen-bond donors (Lipinski definition) is 0. The minimum absolute atomic E-state index is 0.389. The molecule has 0 amide bonds. The van der Waals surface area contributed by atoms with E-state index in [2.05, 4.69) is 60.7 Å². The number of benzene rings is 2. The molecule has 0 radical (unpaired) electrons. The van der Waals surface area contributed by atoms with Gasteiger partial charge < -0.3 is 4.74 Å². The molecular formula is C19H22O. The minimum atomic E-state index is 0.389. The Morgan fingerprint density at radius 3 is 1.90 bits per heavy atom. The molecule has 2 aromatic rings. The smallest absolute Gasteiger partial charge is 0.0608 e. The van der Waals surface area contributed by atoms with Gasteiger partial charge in [-0.05, 0) is 29.9 Å². The number of ether oxygens (including phenoxy) is 1. The van der Waals surface area contributed by atoms with Gasteiger partial charge in [0, 0.05) is 13.0 Å². The van der Waals surface area contributed by atoms with Crippen LogP contribution in [-0.4, -0.2) is 13.2 Å². The highest BCUT2D eigenvalue weighted by Crippen LogP contribution is 2.42. The van der Waals surface area contributed by atoms with Crippen molar-refractivity contribution in [2.75, 3.05) is 7.11 Å². The van der Waals surface area contributed by atoms with Crippen molar-refractivity contribution in [3.63, 3.8) is 0 Å². The zero-order valence-corrected chi connectivity index (χ0v) is 12.0. The Morgan fingerprint density at radius 1 is 0.850 bits per heavy atom. The van der Waals surface area contributed by atoms with E-state index in [-0.39, 0.29) is 0 Å². The maximum absolute atomic E-state index is 5.75. The molecule has 2 atom stereocenters. The first-order chi connectivity index (χ1) is 9.90. The van der Waals surface area contributed by atoms with Crippen LogP contribution in [0.5, 0.6) is 0 Å². The average Bonchev–Trinajstić information content (AvgIpc) is 2.98. The first-order valence-electron chi connectivity index (χ1n) is 7.53. The van der Waals surface area contributed by atoms with Gasteiger partial charge in [-0.25, -0.2) is 0 Å². The monoisotopic (exact) mass is 266 g/mol. The van der Waals surface area contributed by atoms with Gasteiger partial charge >= 0.3 is 0 Å². The SMILES string of the molecule is CO[C@H]1CCC[C@@H]1C(c1ccccc1)c1ccccc1. The van der Waals surface area contributed by atoms with E-state index in [0.29, 0.717) is 17.9 Å². The molecule has 0 bridgehead atoms. The van der Waals surface area contributed by atoms with Gasteiger partial charge in [0.15, 0.2) is 0 Å². The minimum Gasteiger partial charge on any atom is -0.381 e. The lowest BCUT2D eigenvalue weighted by Crippen LogP contribution is -2.24. The van der Waals surface area contributed by atoms with Crippen molar-refractivity contribution < 1.29 is 4.74 Å². The van der Waals surface area contributed by atoms with Crippen LogP contribution < -0.4 is 0 Å². The van der Waals surface area contributed by atoms with Gasteiger partial charge in [0.2, 0.25) is 0 Å². The van der Waals surface area contributed by atoms with Crippen molar-refractivity contribution in [1.82, 2.24) is 0 Å². The summed E-state index contributed by atoms with van der Waals surface area (Å²) in [6.07, 6.45) is 4.12. The van der Waals surface area contributed by atoms with Gasteiger partial charge in [-0.3, -0.25) is 0 Å². The number of methoxy groups -OCH3 is 1. The summed E-state index contributed by atoms with van der Waals surface area (Å²) in [5.41, 5.74) is 2.82. The van der Waals surface area contributed by atoms with E-state index >= 15 is 0 Å². The molecule has 1 aliphatic rings. The molecule has 0 unspecified atom stereocenters. The number of hydrogen-bond acceptors (Lipinski definition) is 1. The Morgan fingerprint density at radius 2 is 1.40 bits per heavy atom. The molecule has 0 saturated heterocycles. The van der Waals surface area contributed by atoms with Crippen molar-refractivity contribution in [3.05, 3.63) is 71.8 Å². The van der Waals surface area contributed by atoms with Crippen molar-refractivity contribution in [2.45, 2.75) is 31.3 Å². The zero-order valence-electron chi connectivity index (χ0n) is 12.0. The third-order valence-electron chi connectivity index (χ3n) is 4.55. The highest BCUT2D eigenvalue weighted by molar-refractivity contribution is 5.34. The van der Waals surface area contributed by atoms with Crippen LogP contribution in [-0.2, 0) is 4.74 Å². The zero-order chi connectivity index (χ0) is 13.8. The second-order valence-electron chi connectivity index (χ2n) is 5.67. The molecule has 1 heteroatoms. The topological polar surface area (TPSA) is 9.23 Å². The van der Waals surface area contributed by atoms with Crippen LogP contribution in [0.1, 0.15) is 36.3 Å². The van der Waals surface area contributed by atoms with E-state index in [4.69, 9.17) is 4.74 Å². The molecule has 1 saturated carbocycles. The van der Waals surface area contributed by atoms with Crippen molar-refractivity contribution in [2.24, 2.45) is 5.92 Å². The van der Waals surface area contributed by atoms with Crippen LogP contribution >= 0.6 is 0 Å². The summed E-state index contributed by atoms with van der Waals surface area (Å²) in [6, 6.07) is 21.8. The Labute approximate surface area is 121 Å². The molecule has 3 rings (SSSR count). The van der Waals surface area contributed by atoms with Gasteiger partial charge in [0.05, 0.1) is 6.10 Å². The predicted octanol–water partition coefficient (Wildman–Crippen LogP) is 4.63. The lowest BCUT2D eigenvalue weighted by Gasteiger charge is -2.29. The molecule has 1 fully saturated rings. The summed E-state index contributed by atoms with van der Waals surface area (Å²) in [7, 11) is 1.86. The summed E-state index contributed by atoms with van der Waals surface area (Å²) >= 11 is 0. The van der Waals surface area contributed by atoms with Crippen LogP contribution in [0, 0.1) is 5.92 Å². The first-order valence-corrected chi connectivity index (χ1v) is 7.53. The summed E-state index contributed by atoms with van der Waals surface area (Å²) in [6.45, 7) is 0. The molecule has 1 aliphatic carbocycles. The van der Waals surface area contributed by atoms with Crippen LogP contribution in [0.15, 0.2) is 60.7 Å². The highest BCUT2D eigenvalue weighted by Gasteiger charge is 2.35. The van der Waals surface area contributed by atoms with Crippen LogP contribution in [0.25, 0.3) is 0 Å². The van der Waals surface area contributed by atoms with Gasteiger partial charge in [0.25, 0.3) is 0 Å². The maximum atomic E-state index is 5.75. The molecular weight excluding hydrogens is 244 g/mol. The molecule has 2 aromatic carbocycles. The van der Waals surface area contributed by atoms with E-state index in [1.807, 2.05) is 7.11 Å². The van der Waals surface area contributed by atoms with Crippen LogP contribution in [0.2, 0.25) is 0 Å². The fourth-order valence-corrected chi connectivity index (χ4v) is 3.64. The lowest BCUT2D eigenvalue weighted by molar-refractivity contribution is 0.0653. The Kier molecular flexibility index (Phi) is 4.17. The average molecular weight is 266 g/mol. The van der Waals surface area contributed by atoms with E-state index in [1.165, 1.54) is 30.4 Å². The van der Waals surface area contributed by atoms with Crippen molar-refractivity contribution in [1.29, 1.82) is 0 Å². The molecule has 1 nitrogen and oxygen atoms in total. The Balaban J connectivity index is 2.00. The van der Waals surface area contributed by atoms with Gasteiger partial charge in [0.1, 0.15) is 0 Å². The fraction of sp³-hybridized carbons (Fsp3) is 0.368. The largest absolute Gasteiger partial charge is 0.381 e. The quantitative estimate of drug-likeness (QED) is 0.783. The van der Waals surface area contributed by atoms with E-state index in [1.54, 1.807) is 0 Å². The molecule has 0 heterocycles. The summed E-state index contributed by atoms with van der Waals surface area (Å²) in [4.78, 5) is 0. The molecule has 0 N–H and O–H groups in total. The highest BCUT2D eigenvalue weighted by atomic mass is 16.5. The molecule has 20 heavy (non-hydrogen) atoms. The van der Waals surface area contributed by atoms with E-state index in [9.17, 15) is 0 Å². The summed E-state index contributed by atoms with van der Waals surface area (Å²) in [5, 5.41) is 0. The second kappa shape index (κ2) is 6.23. The number of rotatable bonds is 4. The van der Waals surface area contributed by atoms with E-state index < -0.39 is 0 Å². The standard InChI is InChI=1S/C19H22O/c1-20-18-14-8-13-17(18)19(15-9-4-2-5-10-15)16-11-6-3-7-12-16/h2-7,9-12,17-19H,8,13-14H2,1H3/t17-,18-/m0/s1. The normalized spacial score (nSPS) is 22.3. The predicted molar refractivity (Wildman–Crippen MR) is 82.9 cm³/mol. The van der Waals surface area contributed by atoms with Gasteiger partial charge in [-0.2, -0.15) is 0 Å². The lowest BCUT2D eigenvalue weighted by atomic mass is 9.79. The van der Waals surface area contributed by atoms with Gasteiger partial charge in [-0.15, -0.1) is 0 Å². The fourth-order valence-electron chi connectivity index (χ4n) is 3.64. The van der Waals surface area contributed by atoms with Gasteiger partial charge in [-0.1, -0.05) is 67.1 Å². The third kappa shape index (κ3) is 2.64. The van der Waals surface area contributed by atoms with E-state index in [0.717, 1.165) is 0 Å². The third-order valence-corrected chi connectivity index (χ3v) is 4.55. The first kappa shape index (κ1) is 13.4.